The average Bonchev–Trinajstić information content (AvgIpc) is 2.92. The van der Waals surface area contributed by atoms with Crippen molar-refractivity contribution in [3.05, 3.63) is 18.3 Å². The average molecular weight is 249 g/mol. The molecular formula is C13H19N3O2. The summed E-state index contributed by atoms with van der Waals surface area (Å²) in [5, 5.41) is 3.11. The number of carbonyl (C=O) groups excluding carboxylic acids is 1. The predicted molar refractivity (Wildman–Crippen MR) is 69.7 cm³/mol. The number of ether oxygens (including phenoxy) is 1. The lowest BCUT2D eigenvalue weighted by atomic mass is 10.3. The van der Waals surface area contributed by atoms with Gasteiger partial charge in [0.05, 0.1) is 13.3 Å². The second-order valence-electron chi connectivity index (χ2n) is 4.48. The van der Waals surface area contributed by atoms with Crippen molar-refractivity contribution in [1.29, 1.82) is 0 Å². The lowest BCUT2D eigenvalue weighted by Crippen LogP contribution is -2.39. The molecule has 1 saturated heterocycles. The maximum Gasteiger partial charge on any atom is 0.244 e. The lowest BCUT2D eigenvalue weighted by molar-refractivity contribution is -0.130. The summed E-state index contributed by atoms with van der Waals surface area (Å²) >= 11 is 0. The molecule has 5 nitrogen and oxygen atoms in total. The summed E-state index contributed by atoms with van der Waals surface area (Å²) in [5.41, 5.74) is 0. The summed E-state index contributed by atoms with van der Waals surface area (Å²) in [4.78, 5) is 18.2. The van der Waals surface area contributed by atoms with Gasteiger partial charge in [0.15, 0.2) is 0 Å². The molecule has 1 N–H and O–H groups in total. The Morgan fingerprint density at radius 3 is 2.72 bits per heavy atom. The highest BCUT2D eigenvalue weighted by Crippen LogP contribution is 2.14. The van der Waals surface area contributed by atoms with Gasteiger partial charge >= 0.3 is 0 Å². The van der Waals surface area contributed by atoms with E-state index in [-0.39, 0.29) is 11.9 Å². The highest BCUT2D eigenvalue weighted by molar-refractivity contribution is 5.84. The zero-order chi connectivity index (χ0) is 13.0. The van der Waals surface area contributed by atoms with E-state index >= 15 is 0 Å². The maximum atomic E-state index is 12.1. The molecule has 1 aromatic rings. The number of amides is 1. The highest BCUT2D eigenvalue weighted by atomic mass is 16.5. The van der Waals surface area contributed by atoms with Gasteiger partial charge in [-0.05, 0) is 31.9 Å². The van der Waals surface area contributed by atoms with Crippen LogP contribution in [0, 0.1) is 0 Å². The Bertz CT molecular complexity index is 399. The molecular weight excluding hydrogens is 230 g/mol. The molecule has 1 aliphatic heterocycles. The smallest absolute Gasteiger partial charge is 0.244 e. The van der Waals surface area contributed by atoms with Crippen molar-refractivity contribution in [1.82, 2.24) is 9.88 Å². The van der Waals surface area contributed by atoms with Crippen LogP contribution in [0.1, 0.15) is 19.8 Å². The number of hydrogen-bond acceptors (Lipinski definition) is 4. The topological polar surface area (TPSA) is 54.5 Å². The molecule has 1 aromatic heterocycles. The molecule has 0 bridgehead atoms. The maximum absolute atomic E-state index is 12.1. The molecule has 98 valence electrons. The Balaban J connectivity index is 1.92. The first kappa shape index (κ1) is 12.7. The van der Waals surface area contributed by atoms with Gasteiger partial charge in [0.2, 0.25) is 5.91 Å². The van der Waals surface area contributed by atoms with E-state index in [0.29, 0.717) is 11.6 Å². The summed E-state index contributed by atoms with van der Waals surface area (Å²) in [6.45, 7) is 3.62. The van der Waals surface area contributed by atoms with E-state index in [0.717, 1.165) is 25.9 Å². The highest BCUT2D eigenvalue weighted by Gasteiger charge is 2.23. The molecule has 1 amide bonds. The van der Waals surface area contributed by atoms with Crippen molar-refractivity contribution < 1.29 is 9.53 Å². The number of nitrogens with one attached hydrogen (secondary N) is 1. The Labute approximate surface area is 107 Å². The van der Waals surface area contributed by atoms with Crippen LogP contribution in [-0.2, 0) is 4.79 Å². The fourth-order valence-corrected chi connectivity index (χ4v) is 2.08. The van der Waals surface area contributed by atoms with Crippen LogP contribution in [-0.4, -0.2) is 42.0 Å². The van der Waals surface area contributed by atoms with Gasteiger partial charge in [-0.3, -0.25) is 4.79 Å². The fourth-order valence-electron chi connectivity index (χ4n) is 2.08. The van der Waals surface area contributed by atoms with Crippen LogP contribution in [0.15, 0.2) is 18.3 Å². The summed E-state index contributed by atoms with van der Waals surface area (Å²) in [6.07, 6.45) is 3.86. The predicted octanol–water partition coefficient (Wildman–Crippen LogP) is 1.51. The third kappa shape index (κ3) is 2.91. The summed E-state index contributed by atoms with van der Waals surface area (Å²) in [7, 11) is 1.60. The number of aromatic nitrogens is 1. The quantitative estimate of drug-likeness (QED) is 0.879. The number of nitrogens with zero attached hydrogens (tertiary/aromatic N) is 2. The molecule has 0 saturated carbocycles. The fraction of sp³-hybridized carbons (Fsp3) is 0.538. The first-order valence-corrected chi connectivity index (χ1v) is 6.26. The van der Waals surface area contributed by atoms with E-state index in [1.807, 2.05) is 24.0 Å². The standard InChI is InChI=1S/C13H19N3O2/c1-10(13(17)16-7-3-4-8-16)15-12-6-5-11(18-2)9-14-12/h5-6,9-10H,3-4,7-8H2,1-2H3,(H,14,15). The van der Waals surface area contributed by atoms with Gasteiger partial charge in [0.1, 0.15) is 17.6 Å². The summed E-state index contributed by atoms with van der Waals surface area (Å²) in [6, 6.07) is 3.39. The van der Waals surface area contributed by atoms with Crippen LogP contribution in [0.4, 0.5) is 5.82 Å². The van der Waals surface area contributed by atoms with Crippen LogP contribution in [0.2, 0.25) is 0 Å². The zero-order valence-corrected chi connectivity index (χ0v) is 10.8. The van der Waals surface area contributed by atoms with Crippen molar-refractivity contribution in [3.8, 4) is 5.75 Å². The number of rotatable bonds is 4. The van der Waals surface area contributed by atoms with Gasteiger partial charge in [-0.1, -0.05) is 0 Å². The summed E-state index contributed by atoms with van der Waals surface area (Å²) < 4.78 is 5.04. The minimum atomic E-state index is -0.246. The molecule has 0 radical (unpaired) electrons. The third-order valence-electron chi connectivity index (χ3n) is 3.12. The van der Waals surface area contributed by atoms with Crippen LogP contribution in [0.3, 0.4) is 0 Å². The van der Waals surface area contributed by atoms with Crippen LogP contribution < -0.4 is 10.1 Å². The van der Waals surface area contributed by atoms with Gasteiger partial charge in [-0.15, -0.1) is 0 Å². The van der Waals surface area contributed by atoms with Crippen LogP contribution in [0.25, 0.3) is 0 Å². The zero-order valence-electron chi connectivity index (χ0n) is 10.8. The number of hydrogen-bond donors (Lipinski definition) is 1. The van der Waals surface area contributed by atoms with Crippen molar-refractivity contribution in [2.24, 2.45) is 0 Å². The molecule has 2 heterocycles. The number of methoxy groups -OCH3 is 1. The van der Waals surface area contributed by atoms with E-state index in [1.165, 1.54) is 0 Å². The van der Waals surface area contributed by atoms with E-state index in [2.05, 4.69) is 10.3 Å². The normalized spacial score (nSPS) is 16.4. The van der Waals surface area contributed by atoms with Gasteiger partial charge in [0, 0.05) is 13.1 Å². The molecule has 0 aromatic carbocycles. The van der Waals surface area contributed by atoms with Crippen LogP contribution in [0.5, 0.6) is 5.75 Å². The van der Waals surface area contributed by atoms with Crippen molar-refractivity contribution in [2.75, 3.05) is 25.5 Å². The monoisotopic (exact) mass is 249 g/mol. The minimum Gasteiger partial charge on any atom is -0.495 e. The molecule has 0 spiro atoms. The SMILES string of the molecule is COc1ccc(NC(C)C(=O)N2CCCC2)nc1. The molecule has 2 rings (SSSR count). The van der Waals surface area contributed by atoms with Gasteiger partial charge < -0.3 is 15.0 Å². The molecule has 1 aliphatic rings. The Morgan fingerprint density at radius 1 is 1.44 bits per heavy atom. The first-order valence-electron chi connectivity index (χ1n) is 6.26. The third-order valence-corrected chi connectivity index (χ3v) is 3.12. The molecule has 1 atom stereocenters. The second kappa shape index (κ2) is 5.71. The van der Waals surface area contributed by atoms with E-state index in [4.69, 9.17) is 4.74 Å². The molecule has 18 heavy (non-hydrogen) atoms. The van der Waals surface area contributed by atoms with Crippen LogP contribution >= 0.6 is 0 Å². The van der Waals surface area contributed by atoms with E-state index < -0.39 is 0 Å². The Kier molecular flexibility index (Phi) is 4.02. The number of likely N-dealkylation sites (tertiary alicyclic amines) is 1. The molecule has 1 unspecified atom stereocenters. The number of anilines is 1. The van der Waals surface area contributed by atoms with Gasteiger partial charge in [-0.2, -0.15) is 0 Å². The number of pyridine rings is 1. The van der Waals surface area contributed by atoms with E-state index in [1.54, 1.807) is 13.3 Å². The van der Waals surface area contributed by atoms with Crippen molar-refractivity contribution in [3.63, 3.8) is 0 Å². The first-order chi connectivity index (χ1) is 8.70. The Morgan fingerprint density at radius 2 is 2.17 bits per heavy atom. The van der Waals surface area contributed by atoms with Crippen molar-refractivity contribution >= 4 is 11.7 Å². The molecule has 5 heteroatoms. The van der Waals surface area contributed by atoms with Gasteiger partial charge in [0.25, 0.3) is 0 Å². The van der Waals surface area contributed by atoms with Gasteiger partial charge in [-0.25, -0.2) is 4.98 Å². The summed E-state index contributed by atoms with van der Waals surface area (Å²) in [5.74, 6) is 1.54. The molecule has 0 aliphatic carbocycles. The molecule has 1 fully saturated rings. The Hall–Kier alpha value is -1.78. The second-order valence-corrected chi connectivity index (χ2v) is 4.48. The van der Waals surface area contributed by atoms with E-state index in [9.17, 15) is 4.79 Å². The largest absolute Gasteiger partial charge is 0.495 e. The van der Waals surface area contributed by atoms with Crippen molar-refractivity contribution in [2.45, 2.75) is 25.8 Å². The lowest BCUT2D eigenvalue weighted by Gasteiger charge is -2.21. The number of carbonyl (C=O) groups is 1. The minimum absolute atomic E-state index is 0.144.